The van der Waals surface area contributed by atoms with Crippen LogP contribution >= 0.6 is 23.5 Å². The van der Waals surface area contributed by atoms with Gasteiger partial charge in [0.1, 0.15) is 0 Å². The van der Waals surface area contributed by atoms with Crippen LogP contribution in [0.1, 0.15) is 34.6 Å². The summed E-state index contributed by atoms with van der Waals surface area (Å²) in [6, 6.07) is 0. The second-order valence-corrected chi connectivity index (χ2v) is 7.44. The van der Waals surface area contributed by atoms with Crippen molar-refractivity contribution in [1.29, 1.82) is 0 Å². The highest BCUT2D eigenvalue weighted by Crippen LogP contribution is 2.51. The topological polar surface area (TPSA) is 26.3 Å². The molecule has 0 aromatic heterocycles. The number of hydrogen-bond acceptors (Lipinski definition) is 4. The van der Waals surface area contributed by atoms with Crippen LogP contribution < -0.4 is 0 Å². The molecule has 0 unspecified atom stereocenters. The van der Waals surface area contributed by atoms with E-state index < -0.39 is 4.08 Å². The minimum Gasteiger partial charge on any atom is -0.467 e. The number of carbonyl (C=O) groups excluding carboxylic acids is 1. The van der Waals surface area contributed by atoms with E-state index in [0.29, 0.717) is 0 Å². The predicted octanol–water partition coefficient (Wildman–Crippen LogP) is 3.41. The Morgan fingerprint density at radius 1 is 1.13 bits per heavy atom. The predicted molar refractivity (Wildman–Crippen MR) is 70.5 cm³/mol. The Labute approximate surface area is 102 Å². The van der Waals surface area contributed by atoms with Crippen molar-refractivity contribution in [1.82, 2.24) is 0 Å². The van der Waals surface area contributed by atoms with Crippen molar-refractivity contribution in [3.63, 3.8) is 0 Å². The SMILES string of the molecule is CCSC(SCC)(C(=O)OC)C(C)(C)C. The maximum Gasteiger partial charge on any atom is 0.332 e. The number of thioether (sulfide) groups is 2. The van der Waals surface area contributed by atoms with Crippen LogP contribution in [-0.4, -0.2) is 28.7 Å². The Bertz CT molecular complexity index is 203. The van der Waals surface area contributed by atoms with Gasteiger partial charge in [-0.05, 0) is 16.9 Å². The van der Waals surface area contributed by atoms with Gasteiger partial charge in [0.25, 0.3) is 0 Å². The van der Waals surface area contributed by atoms with Gasteiger partial charge in [-0.3, -0.25) is 0 Å². The molecule has 0 aromatic rings. The Morgan fingerprint density at radius 3 is 1.73 bits per heavy atom. The molecule has 0 aliphatic carbocycles. The second-order valence-electron chi connectivity index (χ2n) is 4.22. The van der Waals surface area contributed by atoms with Crippen LogP contribution in [0.15, 0.2) is 0 Å². The van der Waals surface area contributed by atoms with Gasteiger partial charge in [0.05, 0.1) is 7.11 Å². The fourth-order valence-electron chi connectivity index (χ4n) is 1.44. The zero-order valence-electron chi connectivity index (χ0n) is 10.5. The number of methoxy groups -OCH3 is 1. The molecule has 0 aliphatic rings. The highest BCUT2D eigenvalue weighted by molar-refractivity contribution is 8.19. The summed E-state index contributed by atoms with van der Waals surface area (Å²) >= 11 is 3.35. The van der Waals surface area contributed by atoms with Gasteiger partial charge < -0.3 is 4.74 Å². The number of esters is 1. The van der Waals surface area contributed by atoms with Crippen LogP contribution in [0.25, 0.3) is 0 Å². The lowest BCUT2D eigenvalue weighted by molar-refractivity contribution is -0.143. The second kappa shape index (κ2) is 6.04. The fraction of sp³-hybridized carbons (Fsp3) is 0.909. The molecule has 0 spiro atoms. The minimum absolute atomic E-state index is 0.110. The average molecular weight is 250 g/mol. The van der Waals surface area contributed by atoms with Crippen molar-refractivity contribution in [2.75, 3.05) is 18.6 Å². The first-order valence-corrected chi connectivity index (χ1v) is 7.19. The Hall–Kier alpha value is 0.170. The molecule has 15 heavy (non-hydrogen) atoms. The Morgan fingerprint density at radius 2 is 1.53 bits per heavy atom. The van der Waals surface area contributed by atoms with Crippen LogP contribution in [0.3, 0.4) is 0 Å². The molecule has 0 aromatic carbocycles. The lowest BCUT2D eigenvalue weighted by Crippen LogP contribution is -2.45. The van der Waals surface area contributed by atoms with Gasteiger partial charge in [-0.25, -0.2) is 4.79 Å². The van der Waals surface area contributed by atoms with Gasteiger partial charge in [0, 0.05) is 0 Å². The summed E-state index contributed by atoms with van der Waals surface area (Å²) in [6.07, 6.45) is 0. The van der Waals surface area contributed by atoms with Gasteiger partial charge in [-0.2, -0.15) is 0 Å². The summed E-state index contributed by atoms with van der Waals surface area (Å²) in [6.45, 7) is 10.4. The zero-order valence-corrected chi connectivity index (χ0v) is 12.2. The maximum atomic E-state index is 12.0. The van der Waals surface area contributed by atoms with Crippen molar-refractivity contribution >= 4 is 29.5 Å². The highest BCUT2D eigenvalue weighted by atomic mass is 32.2. The van der Waals surface area contributed by atoms with E-state index in [1.165, 1.54) is 7.11 Å². The van der Waals surface area contributed by atoms with Crippen LogP contribution in [0.2, 0.25) is 0 Å². The molecule has 2 nitrogen and oxygen atoms in total. The third-order valence-electron chi connectivity index (χ3n) is 2.14. The zero-order chi connectivity index (χ0) is 12.1. The van der Waals surface area contributed by atoms with Crippen LogP contribution in [-0.2, 0) is 9.53 Å². The molecule has 90 valence electrons. The van der Waals surface area contributed by atoms with Gasteiger partial charge in [-0.15, -0.1) is 23.5 Å². The van der Waals surface area contributed by atoms with Crippen LogP contribution in [0.5, 0.6) is 0 Å². The number of ether oxygens (including phenoxy) is 1. The van der Waals surface area contributed by atoms with E-state index in [1.807, 2.05) is 0 Å². The molecule has 0 amide bonds. The molecule has 0 radical (unpaired) electrons. The summed E-state index contributed by atoms with van der Waals surface area (Å²) in [7, 11) is 1.47. The van der Waals surface area contributed by atoms with E-state index in [0.717, 1.165) is 11.5 Å². The molecule has 0 bridgehead atoms. The van der Waals surface area contributed by atoms with Crippen LogP contribution in [0, 0.1) is 5.41 Å². The first-order chi connectivity index (χ1) is 6.85. The molecule has 0 N–H and O–H groups in total. The van der Waals surface area contributed by atoms with E-state index in [-0.39, 0.29) is 11.4 Å². The molecule has 0 saturated heterocycles. The maximum absolute atomic E-state index is 12.0. The third kappa shape index (κ3) is 3.31. The van der Waals surface area contributed by atoms with Gasteiger partial charge >= 0.3 is 5.97 Å². The van der Waals surface area contributed by atoms with Crippen molar-refractivity contribution in [2.45, 2.75) is 38.7 Å². The summed E-state index contributed by atoms with van der Waals surface area (Å²) in [4.78, 5) is 12.0. The molecular weight excluding hydrogens is 228 g/mol. The first-order valence-electron chi connectivity index (χ1n) is 5.22. The summed E-state index contributed by atoms with van der Waals surface area (Å²) < 4.78 is 4.49. The lowest BCUT2D eigenvalue weighted by atomic mass is 9.91. The van der Waals surface area contributed by atoms with Crippen molar-refractivity contribution < 1.29 is 9.53 Å². The Kier molecular flexibility index (Phi) is 6.11. The molecule has 0 saturated carbocycles. The third-order valence-corrected chi connectivity index (χ3v) is 5.79. The average Bonchev–Trinajstić information content (AvgIpc) is 2.14. The van der Waals surface area contributed by atoms with Crippen molar-refractivity contribution in [3.8, 4) is 0 Å². The molecule has 0 rings (SSSR count). The standard InChI is InChI=1S/C11H22O2S2/c1-7-14-11(15-8-2,9(12)13-6)10(3,4)5/h7-8H2,1-6H3. The van der Waals surface area contributed by atoms with E-state index in [4.69, 9.17) is 4.74 Å². The van der Waals surface area contributed by atoms with E-state index in [2.05, 4.69) is 34.6 Å². The van der Waals surface area contributed by atoms with Crippen molar-refractivity contribution in [2.24, 2.45) is 5.41 Å². The van der Waals surface area contributed by atoms with Gasteiger partial charge in [-0.1, -0.05) is 34.6 Å². The quantitative estimate of drug-likeness (QED) is 0.552. The van der Waals surface area contributed by atoms with Gasteiger partial charge in [0.15, 0.2) is 4.08 Å². The monoisotopic (exact) mass is 250 g/mol. The first kappa shape index (κ1) is 15.2. The molecule has 0 aliphatic heterocycles. The Balaban J connectivity index is 5.16. The molecule has 0 atom stereocenters. The summed E-state index contributed by atoms with van der Waals surface area (Å²) in [5.41, 5.74) is -0.110. The van der Waals surface area contributed by atoms with E-state index >= 15 is 0 Å². The van der Waals surface area contributed by atoms with Gasteiger partial charge in [0.2, 0.25) is 0 Å². The molecule has 4 heteroatoms. The van der Waals surface area contributed by atoms with E-state index in [9.17, 15) is 4.79 Å². The lowest BCUT2D eigenvalue weighted by Gasteiger charge is -2.40. The van der Waals surface area contributed by atoms with E-state index in [1.54, 1.807) is 23.5 Å². The number of rotatable bonds is 5. The normalized spacial score (nSPS) is 12.7. The minimum atomic E-state index is -0.481. The number of carbonyl (C=O) groups is 1. The largest absolute Gasteiger partial charge is 0.467 e. The summed E-state index contributed by atoms with van der Waals surface area (Å²) in [5.74, 6) is 1.72. The number of hydrogen-bond donors (Lipinski definition) is 0. The molecular formula is C11H22O2S2. The molecule has 0 heterocycles. The smallest absolute Gasteiger partial charge is 0.332 e. The van der Waals surface area contributed by atoms with Crippen LogP contribution in [0.4, 0.5) is 0 Å². The molecule has 0 fully saturated rings. The van der Waals surface area contributed by atoms with Crippen molar-refractivity contribution in [3.05, 3.63) is 0 Å². The highest BCUT2D eigenvalue weighted by Gasteiger charge is 2.50. The fourth-order valence-corrected chi connectivity index (χ4v) is 4.56. The summed E-state index contributed by atoms with van der Waals surface area (Å²) in [5, 5.41) is 0.